The van der Waals surface area contributed by atoms with Gasteiger partial charge in [-0.1, -0.05) is 11.1 Å². The molecule has 4 fully saturated rings. The van der Waals surface area contributed by atoms with Crippen LogP contribution in [0.15, 0.2) is 11.1 Å². The maximum Gasteiger partial charge on any atom is 0.0223 e. The minimum absolute atomic E-state index is 0.332. The Bertz CT molecular complexity index is 383. The second-order valence-corrected chi connectivity index (χ2v) is 6.37. The number of hydrogen-bond donors (Lipinski definition) is 1. The highest BCUT2D eigenvalue weighted by molar-refractivity contribution is 5.46. The molecule has 74 valence electrons. The van der Waals surface area contributed by atoms with Crippen molar-refractivity contribution in [2.45, 2.75) is 37.6 Å². The largest absolute Gasteiger partial charge is 0.325 e. The fourth-order valence-corrected chi connectivity index (χ4v) is 5.67. The standard InChI is InChI=1S/C13H17N/c14-13-4-3-10(13)9-5-8-6-1-2-7(6)11(8)12(9)13/h7,9-12H,1-5,14H2/t7?,9?,10?,11?,12?,13-/m0/s1. The Morgan fingerprint density at radius 2 is 2.14 bits per heavy atom. The molecule has 0 heterocycles. The van der Waals surface area contributed by atoms with Crippen molar-refractivity contribution in [1.29, 1.82) is 0 Å². The minimum Gasteiger partial charge on any atom is -0.325 e. The summed E-state index contributed by atoms with van der Waals surface area (Å²) < 4.78 is 0. The Balaban J connectivity index is 1.62. The maximum atomic E-state index is 6.53. The molecule has 5 unspecified atom stereocenters. The van der Waals surface area contributed by atoms with Gasteiger partial charge in [-0.05, 0) is 61.7 Å². The Morgan fingerprint density at radius 3 is 2.79 bits per heavy atom. The van der Waals surface area contributed by atoms with Crippen LogP contribution in [0, 0.1) is 29.6 Å². The first kappa shape index (κ1) is 7.05. The van der Waals surface area contributed by atoms with E-state index in [1.54, 1.807) is 0 Å². The molecule has 4 saturated carbocycles. The van der Waals surface area contributed by atoms with Crippen molar-refractivity contribution in [2.24, 2.45) is 35.3 Å². The van der Waals surface area contributed by atoms with E-state index in [0.717, 1.165) is 29.6 Å². The molecule has 0 aromatic heterocycles. The molecular weight excluding hydrogens is 170 g/mol. The first-order valence-corrected chi connectivity index (χ1v) is 6.31. The van der Waals surface area contributed by atoms with Crippen molar-refractivity contribution in [1.82, 2.24) is 0 Å². The van der Waals surface area contributed by atoms with Gasteiger partial charge in [-0.3, -0.25) is 0 Å². The van der Waals surface area contributed by atoms with Gasteiger partial charge in [0.05, 0.1) is 0 Å². The minimum atomic E-state index is 0.332. The van der Waals surface area contributed by atoms with Gasteiger partial charge < -0.3 is 5.73 Å². The summed E-state index contributed by atoms with van der Waals surface area (Å²) in [5.74, 6) is 4.93. The number of hydrogen-bond acceptors (Lipinski definition) is 1. The smallest absolute Gasteiger partial charge is 0.0223 e. The topological polar surface area (TPSA) is 26.0 Å². The molecule has 0 saturated heterocycles. The Labute approximate surface area is 84.7 Å². The van der Waals surface area contributed by atoms with E-state index in [4.69, 9.17) is 5.73 Å². The van der Waals surface area contributed by atoms with E-state index in [2.05, 4.69) is 0 Å². The molecule has 6 atom stereocenters. The second kappa shape index (κ2) is 1.73. The molecule has 5 rings (SSSR count). The molecule has 5 aliphatic rings. The third-order valence-electron chi connectivity index (χ3n) is 6.44. The second-order valence-electron chi connectivity index (χ2n) is 6.37. The molecule has 0 bridgehead atoms. The SMILES string of the molecule is N[C@@]12CCC1C1CC3=C4CCC4C3C12. The van der Waals surface area contributed by atoms with Crippen LogP contribution in [0.1, 0.15) is 32.1 Å². The average Bonchev–Trinajstić information content (AvgIpc) is 2.38. The van der Waals surface area contributed by atoms with Crippen molar-refractivity contribution in [3.05, 3.63) is 11.1 Å². The summed E-state index contributed by atoms with van der Waals surface area (Å²) in [6.07, 6.45) is 7.18. The lowest BCUT2D eigenvalue weighted by Gasteiger charge is -2.68. The third-order valence-corrected chi connectivity index (χ3v) is 6.44. The highest BCUT2D eigenvalue weighted by atomic mass is 14.9. The third kappa shape index (κ3) is 0.448. The van der Waals surface area contributed by atoms with E-state index in [9.17, 15) is 0 Å². The fraction of sp³-hybridized carbons (Fsp3) is 0.846. The molecule has 1 nitrogen and oxygen atoms in total. The van der Waals surface area contributed by atoms with Crippen LogP contribution in [0.3, 0.4) is 0 Å². The number of fused-ring (bicyclic) bond motifs is 8. The summed E-state index contributed by atoms with van der Waals surface area (Å²) in [5.41, 5.74) is 10.6. The van der Waals surface area contributed by atoms with Crippen LogP contribution in [0.5, 0.6) is 0 Å². The number of nitrogens with two attached hydrogens (primary N) is 1. The zero-order valence-electron chi connectivity index (χ0n) is 8.50. The Hall–Kier alpha value is -0.300. The van der Waals surface area contributed by atoms with E-state index in [1.165, 1.54) is 32.1 Å². The molecule has 2 N–H and O–H groups in total. The van der Waals surface area contributed by atoms with Crippen molar-refractivity contribution >= 4 is 0 Å². The summed E-state index contributed by atoms with van der Waals surface area (Å²) in [5, 5.41) is 0. The van der Waals surface area contributed by atoms with Gasteiger partial charge in [-0.25, -0.2) is 0 Å². The van der Waals surface area contributed by atoms with Crippen LogP contribution in [0.25, 0.3) is 0 Å². The van der Waals surface area contributed by atoms with Gasteiger partial charge in [0.25, 0.3) is 0 Å². The van der Waals surface area contributed by atoms with Crippen molar-refractivity contribution in [3.63, 3.8) is 0 Å². The normalized spacial score (nSPS) is 66.2. The van der Waals surface area contributed by atoms with Crippen LogP contribution in [-0.2, 0) is 0 Å². The molecule has 0 aliphatic heterocycles. The molecule has 1 heteroatoms. The molecule has 14 heavy (non-hydrogen) atoms. The first-order valence-electron chi connectivity index (χ1n) is 6.31. The monoisotopic (exact) mass is 187 g/mol. The average molecular weight is 187 g/mol. The van der Waals surface area contributed by atoms with Crippen LogP contribution in [0.2, 0.25) is 0 Å². The Morgan fingerprint density at radius 1 is 1.21 bits per heavy atom. The summed E-state index contributed by atoms with van der Waals surface area (Å²) in [7, 11) is 0. The van der Waals surface area contributed by atoms with Gasteiger partial charge >= 0.3 is 0 Å². The van der Waals surface area contributed by atoms with Crippen LogP contribution >= 0.6 is 0 Å². The highest BCUT2D eigenvalue weighted by Gasteiger charge is 2.73. The first-order chi connectivity index (χ1) is 6.81. The van der Waals surface area contributed by atoms with Gasteiger partial charge in [0.1, 0.15) is 0 Å². The molecule has 0 amide bonds. The van der Waals surface area contributed by atoms with Crippen LogP contribution in [0.4, 0.5) is 0 Å². The summed E-state index contributed by atoms with van der Waals surface area (Å²) >= 11 is 0. The zero-order valence-corrected chi connectivity index (χ0v) is 8.50. The molecule has 0 radical (unpaired) electrons. The van der Waals surface area contributed by atoms with Gasteiger partial charge in [-0.2, -0.15) is 0 Å². The summed E-state index contributed by atoms with van der Waals surface area (Å²) in [4.78, 5) is 0. The summed E-state index contributed by atoms with van der Waals surface area (Å²) in [6, 6.07) is 0. The maximum absolute atomic E-state index is 6.53. The number of allylic oxidation sites excluding steroid dienone is 2. The van der Waals surface area contributed by atoms with Gasteiger partial charge in [0.15, 0.2) is 0 Å². The van der Waals surface area contributed by atoms with Gasteiger partial charge in [0, 0.05) is 5.54 Å². The van der Waals surface area contributed by atoms with Crippen molar-refractivity contribution in [3.8, 4) is 0 Å². The van der Waals surface area contributed by atoms with Crippen molar-refractivity contribution in [2.75, 3.05) is 0 Å². The molecule has 0 spiro atoms. The predicted octanol–water partition coefficient (Wildman–Crippen LogP) is 2.08. The van der Waals surface area contributed by atoms with Gasteiger partial charge in [0.2, 0.25) is 0 Å². The lowest BCUT2D eigenvalue weighted by molar-refractivity contribution is -0.134. The fourth-order valence-electron chi connectivity index (χ4n) is 5.67. The summed E-state index contributed by atoms with van der Waals surface area (Å²) in [6.45, 7) is 0. The lowest BCUT2D eigenvalue weighted by Crippen LogP contribution is -2.74. The lowest BCUT2D eigenvalue weighted by atomic mass is 9.39. The highest BCUT2D eigenvalue weighted by Crippen LogP contribution is 2.75. The Kier molecular flexibility index (Phi) is 0.872. The molecular formula is C13H17N. The van der Waals surface area contributed by atoms with Crippen LogP contribution in [-0.4, -0.2) is 5.54 Å². The van der Waals surface area contributed by atoms with E-state index in [1.807, 2.05) is 11.1 Å². The molecule has 0 aromatic carbocycles. The van der Waals surface area contributed by atoms with E-state index >= 15 is 0 Å². The van der Waals surface area contributed by atoms with E-state index < -0.39 is 0 Å². The quantitative estimate of drug-likeness (QED) is 0.577. The molecule has 5 aliphatic carbocycles. The predicted molar refractivity (Wildman–Crippen MR) is 54.5 cm³/mol. The van der Waals surface area contributed by atoms with Crippen LogP contribution < -0.4 is 5.73 Å². The van der Waals surface area contributed by atoms with E-state index in [-0.39, 0.29) is 0 Å². The van der Waals surface area contributed by atoms with Gasteiger partial charge in [-0.15, -0.1) is 0 Å². The zero-order chi connectivity index (χ0) is 9.08. The molecule has 0 aromatic rings. The number of rotatable bonds is 0. The van der Waals surface area contributed by atoms with E-state index in [0.29, 0.717) is 5.54 Å². The van der Waals surface area contributed by atoms with Crippen molar-refractivity contribution < 1.29 is 0 Å².